The van der Waals surface area contributed by atoms with Crippen LogP contribution in [-0.2, 0) is 4.79 Å². The second kappa shape index (κ2) is 5.42. The van der Waals surface area contributed by atoms with Crippen molar-refractivity contribution in [3.63, 3.8) is 0 Å². The number of carboxylic acid groups (broad SMARTS) is 1. The minimum atomic E-state index is -1.57. The molecule has 0 fully saturated rings. The van der Waals surface area contributed by atoms with Crippen molar-refractivity contribution in [2.75, 3.05) is 0 Å². The summed E-state index contributed by atoms with van der Waals surface area (Å²) in [6, 6.07) is 6.11. The first-order chi connectivity index (χ1) is 7.56. The maximum absolute atomic E-state index is 11.6. The molecule has 4 nitrogen and oxygen atoms in total. The van der Waals surface area contributed by atoms with E-state index in [1.165, 1.54) is 12.1 Å². The summed E-state index contributed by atoms with van der Waals surface area (Å²) in [7, 11) is 0. The van der Waals surface area contributed by atoms with Crippen LogP contribution in [0.15, 0.2) is 24.3 Å². The summed E-state index contributed by atoms with van der Waals surface area (Å²) in [5.41, 5.74) is 0.675. The van der Waals surface area contributed by atoms with Gasteiger partial charge in [0.1, 0.15) is 0 Å². The molecule has 0 aliphatic rings. The smallest absolute Gasteiger partial charge is 0.337 e. The molecule has 0 aliphatic carbocycles. The Morgan fingerprint density at radius 1 is 1.38 bits per heavy atom. The van der Waals surface area contributed by atoms with Crippen LogP contribution in [0.2, 0.25) is 0 Å². The molecule has 0 radical (unpaired) electrons. The van der Waals surface area contributed by atoms with E-state index >= 15 is 0 Å². The Morgan fingerprint density at radius 3 is 2.62 bits per heavy atom. The number of aliphatic carboxylic acids is 1. The molecule has 16 heavy (non-hydrogen) atoms. The molecular weight excluding hydrogens is 208 g/mol. The van der Waals surface area contributed by atoms with Gasteiger partial charge < -0.3 is 10.2 Å². The summed E-state index contributed by atoms with van der Waals surface area (Å²) in [5.74, 6) is -1.36. The van der Waals surface area contributed by atoms with Gasteiger partial charge in [0, 0.05) is 12.0 Å². The Labute approximate surface area is 93.5 Å². The van der Waals surface area contributed by atoms with E-state index < -0.39 is 12.1 Å². The molecule has 0 aromatic heterocycles. The number of carboxylic acids is 1. The van der Waals surface area contributed by atoms with Gasteiger partial charge in [-0.3, -0.25) is 4.79 Å². The first-order valence-electron chi connectivity index (χ1n) is 5.10. The SMILES string of the molecule is CCCC(=O)c1cccc(C(O)C(=O)O)c1. The third-order valence-corrected chi connectivity index (χ3v) is 2.24. The van der Waals surface area contributed by atoms with Crippen LogP contribution < -0.4 is 0 Å². The zero-order valence-corrected chi connectivity index (χ0v) is 9.01. The predicted molar refractivity (Wildman–Crippen MR) is 58.3 cm³/mol. The number of hydrogen-bond donors (Lipinski definition) is 2. The Hall–Kier alpha value is -1.68. The molecule has 0 bridgehead atoms. The third kappa shape index (κ3) is 2.90. The van der Waals surface area contributed by atoms with Crippen LogP contribution in [0.3, 0.4) is 0 Å². The maximum atomic E-state index is 11.6. The minimum absolute atomic E-state index is 0.0399. The molecule has 0 saturated heterocycles. The maximum Gasteiger partial charge on any atom is 0.337 e. The highest BCUT2D eigenvalue weighted by Crippen LogP contribution is 2.16. The molecule has 0 heterocycles. The van der Waals surface area contributed by atoms with Crippen molar-refractivity contribution in [3.8, 4) is 0 Å². The number of aliphatic hydroxyl groups is 1. The number of hydrogen-bond acceptors (Lipinski definition) is 3. The van der Waals surface area contributed by atoms with Gasteiger partial charge in [0.15, 0.2) is 11.9 Å². The molecular formula is C12H14O4. The number of aliphatic hydroxyl groups excluding tert-OH is 1. The van der Waals surface area contributed by atoms with E-state index in [-0.39, 0.29) is 11.3 Å². The zero-order valence-electron chi connectivity index (χ0n) is 9.01. The highest BCUT2D eigenvalue weighted by atomic mass is 16.4. The Kier molecular flexibility index (Phi) is 4.19. The van der Waals surface area contributed by atoms with E-state index in [1.54, 1.807) is 12.1 Å². The number of carbonyl (C=O) groups is 2. The number of carbonyl (C=O) groups excluding carboxylic acids is 1. The molecule has 0 spiro atoms. The van der Waals surface area contributed by atoms with E-state index in [9.17, 15) is 14.7 Å². The standard InChI is InChI=1S/C12H14O4/c1-2-4-10(13)8-5-3-6-9(7-8)11(14)12(15)16/h3,5-7,11,14H,2,4H2,1H3,(H,15,16). The Bertz CT molecular complexity index is 398. The van der Waals surface area contributed by atoms with Crippen molar-refractivity contribution >= 4 is 11.8 Å². The lowest BCUT2D eigenvalue weighted by Gasteiger charge is -2.07. The zero-order chi connectivity index (χ0) is 12.1. The van der Waals surface area contributed by atoms with Gasteiger partial charge in [-0.1, -0.05) is 25.1 Å². The fourth-order valence-electron chi connectivity index (χ4n) is 1.40. The predicted octanol–water partition coefficient (Wildman–Crippen LogP) is 1.79. The van der Waals surface area contributed by atoms with Gasteiger partial charge in [-0.05, 0) is 18.1 Å². The lowest BCUT2D eigenvalue weighted by molar-refractivity contribution is -0.146. The third-order valence-electron chi connectivity index (χ3n) is 2.24. The number of ketones is 1. The number of Topliss-reactive ketones (excluding diaryl/α,β-unsaturated/α-hetero) is 1. The average molecular weight is 222 g/mol. The molecule has 0 amide bonds. The molecule has 1 aromatic carbocycles. The molecule has 1 rings (SSSR count). The van der Waals surface area contributed by atoms with Gasteiger partial charge in [0.05, 0.1) is 0 Å². The summed E-state index contributed by atoms with van der Waals surface area (Å²) in [6.07, 6.45) is -0.411. The second-order valence-electron chi connectivity index (χ2n) is 3.54. The summed E-state index contributed by atoms with van der Waals surface area (Å²) in [4.78, 5) is 22.1. The van der Waals surface area contributed by atoms with Crippen molar-refractivity contribution in [1.82, 2.24) is 0 Å². The van der Waals surface area contributed by atoms with Crippen LogP contribution in [0.5, 0.6) is 0 Å². The second-order valence-corrected chi connectivity index (χ2v) is 3.54. The molecule has 4 heteroatoms. The van der Waals surface area contributed by atoms with Gasteiger partial charge in [0.25, 0.3) is 0 Å². The largest absolute Gasteiger partial charge is 0.479 e. The summed E-state index contributed by atoms with van der Waals surface area (Å²) < 4.78 is 0. The van der Waals surface area contributed by atoms with Crippen molar-refractivity contribution in [2.45, 2.75) is 25.9 Å². The van der Waals surface area contributed by atoms with Crippen LogP contribution in [-0.4, -0.2) is 22.0 Å². The van der Waals surface area contributed by atoms with E-state index in [1.807, 2.05) is 6.92 Å². The number of benzene rings is 1. The van der Waals surface area contributed by atoms with E-state index in [4.69, 9.17) is 5.11 Å². The van der Waals surface area contributed by atoms with Crippen molar-refractivity contribution in [2.24, 2.45) is 0 Å². The van der Waals surface area contributed by atoms with Crippen LogP contribution >= 0.6 is 0 Å². The molecule has 0 saturated carbocycles. The Balaban J connectivity index is 2.95. The normalized spacial score (nSPS) is 12.1. The van der Waals surface area contributed by atoms with Crippen LogP contribution in [0.25, 0.3) is 0 Å². The molecule has 1 aromatic rings. The lowest BCUT2D eigenvalue weighted by Crippen LogP contribution is -2.11. The van der Waals surface area contributed by atoms with E-state index in [0.717, 1.165) is 6.42 Å². The minimum Gasteiger partial charge on any atom is -0.479 e. The topological polar surface area (TPSA) is 74.6 Å². The molecule has 1 unspecified atom stereocenters. The van der Waals surface area contributed by atoms with Crippen LogP contribution in [0.4, 0.5) is 0 Å². The van der Waals surface area contributed by atoms with Gasteiger partial charge in [0.2, 0.25) is 0 Å². The average Bonchev–Trinajstić information content (AvgIpc) is 2.28. The molecule has 2 N–H and O–H groups in total. The van der Waals surface area contributed by atoms with Gasteiger partial charge in [-0.25, -0.2) is 4.79 Å². The summed E-state index contributed by atoms with van der Waals surface area (Å²) in [6.45, 7) is 1.90. The lowest BCUT2D eigenvalue weighted by atomic mass is 10.0. The van der Waals surface area contributed by atoms with Crippen LogP contribution in [0, 0.1) is 0 Å². The fourth-order valence-corrected chi connectivity index (χ4v) is 1.40. The van der Waals surface area contributed by atoms with Gasteiger partial charge in [-0.15, -0.1) is 0 Å². The number of rotatable bonds is 5. The summed E-state index contributed by atoms with van der Waals surface area (Å²) in [5, 5.41) is 18.0. The van der Waals surface area contributed by atoms with Gasteiger partial charge >= 0.3 is 5.97 Å². The first kappa shape index (κ1) is 12.4. The van der Waals surface area contributed by atoms with E-state index in [2.05, 4.69) is 0 Å². The Morgan fingerprint density at radius 2 is 2.06 bits per heavy atom. The molecule has 86 valence electrons. The fraction of sp³-hybridized carbons (Fsp3) is 0.333. The summed E-state index contributed by atoms with van der Waals surface area (Å²) >= 11 is 0. The van der Waals surface area contributed by atoms with E-state index in [0.29, 0.717) is 12.0 Å². The van der Waals surface area contributed by atoms with Crippen molar-refractivity contribution in [1.29, 1.82) is 0 Å². The van der Waals surface area contributed by atoms with Crippen molar-refractivity contribution < 1.29 is 19.8 Å². The molecule has 0 aliphatic heterocycles. The molecule has 1 atom stereocenters. The highest BCUT2D eigenvalue weighted by molar-refractivity contribution is 5.96. The quantitative estimate of drug-likeness (QED) is 0.745. The van der Waals surface area contributed by atoms with Crippen LogP contribution in [0.1, 0.15) is 41.8 Å². The monoisotopic (exact) mass is 222 g/mol. The highest BCUT2D eigenvalue weighted by Gasteiger charge is 2.16. The first-order valence-corrected chi connectivity index (χ1v) is 5.10. The van der Waals surface area contributed by atoms with Crippen molar-refractivity contribution in [3.05, 3.63) is 35.4 Å². The van der Waals surface area contributed by atoms with Gasteiger partial charge in [-0.2, -0.15) is 0 Å².